The fraction of sp³-hybridized carbons (Fsp3) is 0.462. The van der Waals surface area contributed by atoms with Crippen LogP contribution in [-0.2, 0) is 6.54 Å². The summed E-state index contributed by atoms with van der Waals surface area (Å²) < 4.78 is 14.0. The Bertz CT molecular complexity index is 413. The van der Waals surface area contributed by atoms with E-state index in [1.807, 2.05) is 0 Å². The molecule has 0 bridgehead atoms. The molecule has 2 N–H and O–H groups in total. The SMILES string of the molecule is CCCCNC(=NC)NCc1cc(F)ccc1Br.I. The number of guanidine groups is 1. The molecule has 0 aliphatic carbocycles. The first kappa shape index (κ1) is 18.6. The molecule has 0 spiro atoms. The second-order valence-corrected chi connectivity index (χ2v) is 4.80. The predicted octanol–water partition coefficient (Wildman–Crippen LogP) is 3.67. The fourth-order valence-electron chi connectivity index (χ4n) is 1.46. The van der Waals surface area contributed by atoms with Gasteiger partial charge in [-0.15, -0.1) is 24.0 Å². The third-order valence-electron chi connectivity index (χ3n) is 2.50. The minimum absolute atomic E-state index is 0. The Hall–Kier alpha value is -0.370. The largest absolute Gasteiger partial charge is 0.356 e. The Labute approximate surface area is 139 Å². The number of halogens is 3. The number of aliphatic imine (C=N–C) groups is 1. The number of hydrogen-bond donors (Lipinski definition) is 2. The van der Waals surface area contributed by atoms with Gasteiger partial charge in [0.2, 0.25) is 0 Å². The monoisotopic (exact) mass is 443 g/mol. The molecule has 0 aliphatic heterocycles. The van der Waals surface area contributed by atoms with Crippen molar-refractivity contribution in [1.29, 1.82) is 0 Å². The maximum Gasteiger partial charge on any atom is 0.191 e. The number of unbranched alkanes of at least 4 members (excludes halogenated alkanes) is 1. The van der Waals surface area contributed by atoms with Crippen molar-refractivity contribution >= 4 is 45.9 Å². The number of rotatable bonds is 5. The predicted molar refractivity (Wildman–Crippen MR) is 92.6 cm³/mol. The number of nitrogens with zero attached hydrogens (tertiary/aromatic N) is 1. The molecule has 6 heteroatoms. The minimum Gasteiger partial charge on any atom is -0.356 e. The van der Waals surface area contributed by atoms with Gasteiger partial charge in [0.25, 0.3) is 0 Å². The van der Waals surface area contributed by atoms with E-state index >= 15 is 0 Å². The molecule has 0 unspecified atom stereocenters. The van der Waals surface area contributed by atoms with Gasteiger partial charge in [-0.2, -0.15) is 0 Å². The van der Waals surface area contributed by atoms with E-state index < -0.39 is 0 Å². The quantitative estimate of drug-likeness (QED) is 0.315. The van der Waals surface area contributed by atoms with Crippen LogP contribution in [0.4, 0.5) is 4.39 Å². The van der Waals surface area contributed by atoms with Gasteiger partial charge < -0.3 is 10.6 Å². The molecule has 1 aromatic rings. The normalized spacial score (nSPS) is 10.8. The average molecular weight is 444 g/mol. The van der Waals surface area contributed by atoms with E-state index in [4.69, 9.17) is 0 Å². The number of hydrogen-bond acceptors (Lipinski definition) is 1. The van der Waals surface area contributed by atoms with Gasteiger partial charge >= 0.3 is 0 Å². The van der Waals surface area contributed by atoms with Crippen molar-refractivity contribution in [2.24, 2.45) is 4.99 Å². The van der Waals surface area contributed by atoms with Gasteiger partial charge in [0, 0.05) is 24.6 Å². The average Bonchev–Trinajstić information content (AvgIpc) is 2.37. The molecule has 0 fully saturated rings. The van der Waals surface area contributed by atoms with Crippen molar-refractivity contribution in [3.8, 4) is 0 Å². The van der Waals surface area contributed by atoms with E-state index in [2.05, 4.69) is 38.5 Å². The van der Waals surface area contributed by atoms with E-state index in [0.717, 1.165) is 35.4 Å². The third-order valence-corrected chi connectivity index (χ3v) is 3.27. The summed E-state index contributed by atoms with van der Waals surface area (Å²) in [6, 6.07) is 4.65. The fourth-order valence-corrected chi connectivity index (χ4v) is 1.85. The standard InChI is InChI=1S/C13H19BrFN3.HI/c1-3-4-7-17-13(16-2)18-9-10-8-11(15)5-6-12(10)14;/h5-6,8H,3-4,7,9H2,1-2H3,(H2,16,17,18);1H. The van der Waals surface area contributed by atoms with E-state index in [1.165, 1.54) is 12.1 Å². The summed E-state index contributed by atoms with van der Waals surface area (Å²) in [5.41, 5.74) is 0.869. The van der Waals surface area contributed by atoms with Crippen LogP contribution in [0, 0.1) is 5.82 Å². The first-order valence-corrected chi connectivity index (χ1v) is 6.85. The van der Waals surface area contributed by atoms with Crippen molar-refractivity contribution in [3.05, 3.63) is 34.1 Å². The summed E-state index contributed by atoms with van der Waals surface area (Å²) >= 11 is 3.40. The van der Waals surface area contributed by atoms with Crippen molar-refractivity contribution in [3.63, 3.8) is 0 Å². The topological polar surface area (TPSA) is 36.4 Å². The van der Waals surface area contributed by atoms with Crippen LogP contribution < -0.4 is 10.6 Å². The van der Waals surface area contributed by atoms with Gasteiger partial charge in [0.15, 0.2) is 5.96 Å². The summed E-state index contributed by atoms with van der Waals surface area (Å²) in [4.78, 5) is 4.11. The van der Waals surface area contributed by atoms with Crippen molar-refractivity contribution in [2.75, 3.05) is 13.6 Å². The van der Waals surface area contributed by atoms with Gasteiger partial charge in [-0.25, -0.2) is 4.39 Å². The van der Waals surface area contributed by atoms with Crippen LogP contribution in [0.1, 0.15) is 25.3 Å². The smallest absolute Gasteiger partial charge is 0.191 e. The van der Waals surface area contributed by atoms with E-state index in [0.29, 0.717) is 6.54 Å². The lowest BCUT2D eigenvalue weighted by Crippen LogP contribution is -2.37. The van der Waals surface area contributed by atoms with Gasteiger partial charge in [-0.05, 0) is 30.2 Å². The molecule has 1 rings (SSSR count). The molecular formula is C13H20BrFIN3. The molecule has 0 aliphatic rings. The van der Waals surface area contributed by atoms with Crippen LogP contribution in [0.3, 0.4) is 0 Å². The van der Waals surface area contributed by atoms with Gasteiger partial charge in [0.1, 0.15) is 5.82 Å². The second-order valence-electron chi connectivity index (χ2n) is 3.94. The minimum atomic E-state index is -0.232. The molecular weight excluding hydrogens is 424 g/mol. The molecule has 0 saturated carbocycles. The van der Waals surface area contributed by atoms with Crippen LogP contribution in [0.2, 0.25) is 0 Å². The Kier molecular flexibility index (Phi) is 10.2. The molecule has 0 radical (unpaired) electrons. The molecule has 108 valence electrons. The molecule has 3 nitrogen and oxygen atoms in total. The van der Waals surface area contributed by atoms with Crippen LogP contribution in [-0.4, -0.2) is 19.6 Å². The highest BCUT2D eigenvalue weighted by atomic mass is 127. The number of benzene rings is 1. The van der Waals surface area contributed by atoms with Gasteiger partial charge in [0.05, 0.1) is 0 Å². The number of nitrogens with one attached hydrogen (secondary N) is 2. The van der Waals surface area contributed by atoms with Gasteiger partial charge in [-0.1, -0.05) is 29.3 Å². The highest BCUT2D eigenvalue weighted by Gasteiger charge is 2.03. The zero-order chi connectivity index (χ0) is 13.4. The lowest BCUT2D eigenvalue weighted by molar-refractivity contribution is 0.624. The zero-order valence-corrected chi connectivity index (χ0v) is 15.1. The maximum atomic E-state index is 13.1. The van der Waals surface area contributed by atoms with Crippen molar-refractivity contribution in [2.45, 2.75) is 26.3 Å². The molecule has 1 aromatic carbocycles. The Morgan fingerprint density at radius 1 is 1.37 bits per heavy atom. The van der Waals surface area contributed by atoms with Gasteiger partial charge in [-0.3, -0.25) is 4.99 Å². The summed E-state index contributed by atoms with van der Waals surface area (Å²) in [6.07, 6.45) is 2.24. The highest BCUT2D eigenvalue weighted by molar-refractivity contribution is 14.0. The molecule has 0 heterocycles. The second kappa shape index (κ2) is 10.4. The Morgan fingerprint density at radius 2 is 2.11 bits per heavy atom. The molecule has 0 atom stereocenters. The lowest BCUT2D eigenvalue weighted by atomic mass is 10.2. The molecule has 0 amide bonds. The van der Waals surface area contributed by atoms with Crippen LogP contribution >= 0.6 is 39.9 Å². The van der Waals surface area contributed by atoms with Crippen molar-refractivity contribution in [1.82, 2.24) is 10.6 Å². The first-order valence-electron chi connectivity index (χ1n) is 6.05. The van der Waals surface area contributed by atoms with Crippen molar-refractivity contribution < 1.29 is 4.39 Å². The maximum absolute atomic E-state index is 13.1. The molecule has 0 aromatic heterocycles. The van der Waals surface area contributed by atoms with Crippen LogP contribution in [0.15, 0.2) is 27.7 Å². The molecule has 19 heavy (non-hydrogen) atoms. The lowest BCUT2D eigenvalue weighted by Gasteiger charge is -2.12. The van der Waals surface area contributed by atoms with E-state index in [9.17, 15) is 4.39 Å². The van der Waals surface area contributed by atoms with Crippen LogP contribution in [0.5, 0.6) is 0 Å². The first-order chi connectivity index (χ1) is 8.67. The Balaban J connectivity index is 0.00000324. The summed E-state index contributed by atoms with van der Waals surface area (Å²) in [5.74, 6) is 0.503. The van der Waals surface area contributed by atoms with E-state index in [-0.39, 0.29) is 29.8 Å². The summed E-state index contributed by atoms with van der Waals surface area (Å²) in [5, 5.41) is 6.36. The van der Waals surface area contributed by atoms with Crippen LogP contribution in [0.25, 0.3) is 0 Å². The molecule has 0 saturated heterocycles. The highest BCUT2D eigenvalue weighted by Crippen LogP contribution is 2.17. The summed E-state index contributed by atoms with van der Waals surface area (Å²) in [6.45, 7) is 3.56. The van der Waals surface area contributed by atoms with E-state index in [1.54, 1.807) is 13.1 Å². The Morgan fingerprint density at radius 3 is 2.74 bits per heavy atom. The third kappa shape index (κ3) is 7.10. The zero-order valence-electron chi connectivity index (χ0n) is 11.2. The summed E-state index contributed by atoms with van der Waals surface area (Å²) in [7, 11) is 1.72.